The number of ether oxygens (including phenoxy) is 2. The average Bonchev–Trinajstić information content (AvgIpc) is 3.24. The van der Waals surface area contributed by atoms with Crippen LogP contribution in [0, 0.1) is 11.6 Å². The van der Waals surface area contributed by atoms with Crippen LogP contribution < -0.4 is 11.1 Å². The first-order valence-corrected chi connectivity index (χ1v) is 13.0. The highest BCUT2D eigenvalue weighted by Crippen LogP contribution is 2.29. The maximum Gasteiger partial charge on any atom is 0.424 e. The lowest BCUT2D eigenvalue weighted by Gasteiger charge is -2.28. The Hall–Kier alpha value is -4.52. The molecule has 0 spiro atoms. The predicted octanol–water partition coefficient (Wildman–Crippen LogP) is 6.67. The molecule has 2 amide bonds. The smallest absolute Gasteiger partial charge is 0.424 e. The van der Waals surface area contributed by atoms with Crippen LogP contribution in [0.15, 0.2) is 59.8 Å². The van der Waals surface area contributed by atoms with Gasteiger partial charge in [-0.15, -0.1) is 0 Å². The van der Waals surface area contributed by atoms with Gasteiger partial charge in [-0.3, -0.25) is 0 Å². The van der Waals surface area contributed by atoms with Crippen LogP contribution in [0.1, 0.15) is 48.5 Å². The molecule has 1 aromatic carbocycles. The molecule has 3 aromatic rings. The molecule has 0 aliphatic heterocycles. The molecule has 2 aromatic heterocycles. The van der Waals surface area contributed by atoms with Crippen LogP contribution in [0.5, 0.6) is 0 Å². The van der Waals surface area contributed by atoms with Crippen LogP contribution in [0.3, 0.4) is 0 Å². The third-order valence-electron chi connectivity index (χ3n) is 4.96. The van der Waals surface area contributed by atoms with Gasteiger partial charge in [0.1, 0.15) is 39.9 Å². The topological polar surface area (TPSA) is 137 Å². The molecule has 0 fully saturated rings. The predicted molar refractivity (Wildman–Crippen MR) is 156 cm³/mol. The third-order valence-corrected chi connectivity index (χ3v) is 5.26. The van der Waals surface area contributed by atoms with Crippen molar-refractivity contribution in [1.82, 2.24) is 19.7 Å². The second-order valence-electron chi connectivity index (χ2n) is 11.1. The van der Waals surface area contributed by atoms with E-state index < -0.39 is 35.0 Å². The summed E-state index contributed by atoms with van der Waals surface area (Å²) in [4.78, 5) is 34.9. The number of anilines is 1. The van der Waals surface area contributed by atoms with Crippen LogP contribution in [-0.4, -0.2) is 48.9 Å². The number of amidine groups is 1. The fraction of sp³-hybridized carbons (Fsp3) is 0.321. The molecule has 0 saturated heterocycles. The fourth-order valence-corrected chi connectivity index (χ4v) is 3.70. The molecule has 14 heteroatoms. The number of aromatic nitrogens is 3. The number of amides is 2. The van der Waals surface area contributed by atoms with Crippen molar-refractivity contribution in [2.24, 2.45) is 10.7 Å². The van der Waals surface area contributed by atoms with E-state index in [0.29, 0.717) is 4.90 Å². The number of hydrogen-bond acceptors (Lipinski definition) is 8. The van der Waals surface area contributed by atoms with Crippen molar-refractivity contribution in [3.05, 3.63) is 71.4 Å². The van der Waals surface area contributed by atoms with Gasteiger partial charge < -0.3 is 20.5 Å². The molecule has 42 heavy (non-hydrogen) atoms. The van der Waals surface area contributed by atoms with Crippen LogP contribution in [0.25, 0.3) is 16.6 Å². The van der Waals surface area contributed by atoms with E-state index in [-0.39, 0.29) is 44.8 Å². The zero-order valence-corrected chi connectivity index (χ0v) is 25.0. The van der Waals surface area contributed by atoms with Gasteiger partial charge in [0.05, 0.1) is 28.1 Å². The van der Waals surface area contributed by atoms with E-state index in [1.807, 2.05) is 0 Å². The third kappa shape index (κ3) is 8.03. The summed E-state index contributed by atoms with van der Waals surface area (Å²) in [5, 5.41) is 7.21. The van der Waals surface area contributed by atoms with E-state index in [9.17, 15) is 18.4 Å². The minimum Gasteiger partial charge on any atom is -0.443 e. The number of pyridine rings is 1. The van der Waals surface area contributed by atoms with Crippen molar-refractivity contribution in [1.29, 1.82) is 0 Å². The molecular weight excluding hydrogens is 572 g/mol. The highest BCUT2D eigenvalue weighted by molar-refractivity contribution is 6.32. The molecule has 0 atom stereocenters. The minimum absolute atomic E-state index is 0.0373. The SMILES string of the molecule is C=C(/C=C(\N=C(\C)N)Nc1ncc(F)c2nn(-c3c(F)cccc3Cl)cc12)N(C(=O)OC(C)(C)C)C(=O)OC(C)(C)C. The van der Waals surface area contributed by atoms with E-state index in [1.54, 1.807) is 41.5 Å². The lowest BCUT2D eigenvalue weighted by molar-refractivity contribution is 0.00910. The minimum atomic E-state index is -1.05. The van der Waals surface area contributed by atoms with Crippen molar-refractivity contribution in [2.45, 2.75) is 59.7 Å². The highest BCUT2D eigenvalue weighted by atomic mass is 35.5. The number of nitrogens with one attached hydrogen (secondary N) is 1. The number of halogens is 3. The monoisotopic (exact) mass is 603 g/mol. The van der Waals surface area contributed by atoms with Crippen LogP contribution in [-0.2, 0) is 9.47 Å². The summed E-state index contributed by atoms with van der Waals surface area (Å²) in [5.41, 5.74) is 3.50. The molecule has 0 bridgehead atoms. The normalized spacial score (nSPS) is 12.7. The van der Waals surface area contributed by atoms with Gasteiger partial charge in [0.25, 0.3) is 0 Å². The lowest BCUT2D eigenvalue weighted by atomic mass is 10.2. The Morgan fingerprint density at radius 2 is 1.71 bits per heavy atom. The molecule has 0 aliphatic rings. The van der Waals surface area contributed by atoms with Crippen molar-refractivity contribution in [3.8, 4) is 5.69 Å². The van der Waals surface area contributed by atoms with Gasteiger partial charge in [-0.1, -0.05) is 24.2 Å². The summed E-state index contributed by atoms with van der Waals surface area (Å²) in [7, 11) is 0. The average molecular weight is 604 g/mol. The van der Waals surface area contributed by atoms with Gasteiger partial charge in [-0.25, -0.2) is 33.0 Å². The summed E-state index contributed by atoms with van der Waals surface area (Å²) >= 11 is 6.17. The highest BCUT2D eigenvalue weighted by Gasteiger charge is 2.33. The molecule has 0 unspecified atom stereocenters. The van der Waals surface area contributed by atoms with E-state index in [0.717, 1.165) is 10.9 Å². The Bertz CT molecular complexity index is 1550. The maximum atomic E-state index is 14.7. The molecule has 0 saturated carbocycles. The van der Waals surface area contributed by atoms with E-state index in [2.05, 4.69) is 27.0 Å². The lowest BCUT2D eigenvalue weighted by Crippen LogP contribution is -2.42. The summed E-state index contributed by atoms with van der Waals surface area (Å²) in [5.74, 6) is -1.39. The van der Waals surface area contributed by atoms with Gasteiger partial charge in [0.15, 0.2) is 5.82 Å². The van der Waals surface area contributed by atoms with Gasteiger partial charge in [0.2, 0.25) is 0 Å². The van der Waals surface area contributed by atoms with E-state index >= 15 is 0 Å². The Morgan fingerprint density at radius 3 is 2.24 bits per heavy atom. The van der Waals surface area contributed by atoms with Crippen molar-refractivity contribution < 1.29 is 27.8 Å². The number of imide groups is 1. The van der Waals surface area contributed by atoms with E-state index in [4.69, 9.17) is 26.8 Å². The Morgan fingerprint density at radius 1 is 1.12 bits per heavy atom. The summed E-state index contributed by atoms with van der Waals surface area (Å²) in [6.07, 6.45) is 1.37. The molecule has 3 rings (SSSR count). The molecule has 0 radical (unpaired) electrons. The quantitative estimate of drug-likeness (QED) is 0.181. The maximum absolute atomic E-state index is 14.7. The van der Waals surface area contributed by atoms with Crippen LogP contribution in [0.4, 0.5) is 24.2 Å². The summed E-state index contributed by atoms with van der Waals surface area (Å²) in [6.45, 7) is 15.1. The zero-order valence-electron chi connectivity index (χ0n) is 24.3. The van der Waals surface area contributed by atoms with Gasteiger partial charge in [0, 0.05) is 12.3 Å². The molecule has 224 valence electrons. The van der Waals surface area contributed by atoms with Crippen LogP contribution >= 0.6 is 11.6 Å². The molecule has 2 heterocycles. The zero-order chi connectivity index (χ0) is 31.6. The standard InChI is InChI=1S/C28H32ClF2N7O4/c1-15(38(25(39)41-27(3,4)5)26(40)42-28(6,7)8)12-21(34-16(2)32)35-24-17-14-37(36-22(17)20(31)13-33-24)23-18(29)10-9-11-19(23)30/h9-14H,1H2,2-8H3,(H2,32,34)(H,33,35)/b21-12+. The largest absolute Gasteiger partial charge is 0.443 e. The van der Waals surface area contributed by atoms with Gasteiger partial charge >= 0.3 is 12.2 Å². The first kappa shape index (κ1) is 32.0. The Labute approximate surface area is 246 Å². The number of allylic oxidation sites excluding steroid dienone is 1. The first-order chi connectivity index (χ1) is 19.4. The summed E-state index contributed by atoms with van der Waals surface area (Å²) < 4.78 is 41.2. The molecule has 11 nitrogen and oxygen atoms in total. The van der Waals surface area contributed by atoms with Crippen molar-refractivity contribution in [2.75, 3.05) is 5.32 Å². The van der Waals surface area contributed by atoms with E-state index in [1.165, 1.54) is 37.4 Å². The number of carbonyl (C=O) groups is 2. The number of carbonyl (C=O) groups excluding carboxylic acids is 2. The first-order valence-electron chi connectivity index (χ1n) is 12.6. The van der Waals surface area contributed by atoms with Gasteiger partial charge in [-0.05, 0) is 60.6 Å². The summed E-state index contributed by atoms with van der Waals surface area (Å²) in [6, 6.07) is 4.08. The van der Waals surface area contributed by atoms with Crippen LogP contribution in [0.2, 0.25) is 5.02 Å². The molecule has 3 N–H and O–H groups in total. The second kappa shape index (κ2) is 12.1. The number of aliphatic imine (C=N–C) groups is 1. The number of rotatable bonds is 6. The second-order valence-corrected chi connectivity index (χ2v) is 11.5. The number of nitrogens with zero attached hydrogens (tertiary/aromatic N) is 5. The van der Waals surface area contributed by atoms with Crippen molar-refractivity contribution in [3.63, 3.8) is 0 Å². The Balaban J connectivity index is 2.09. The number of fused-ring (bicyclic) bond motifs is 1. The van der Waals surface area contributed by atoms with Gasteiger partial charge in [-0.2, -0.15) is 10.00 Å². The number of benzene rings is 1. The number of nitrogens with two attached hydrogens (primary N) is 1. The number of para-hydroxylation sites is 1. The fourth-order valence-electron chi connectivity index (χ4n) is 3.45. The molecule has 0 aliphatic carbocycles. The Kier molecular flexibility index (Phi) is 9.26. The number of hydrogen-bond donors (Lipinski definition) is 2. The molecular formula is C28H32ClF2N7O4. The van der Waals surface area contributed by atoms with Crippen molar-refractivity contribution >= 4 is 46.3 Å².